The van der Waals surface area contributed by atoms with Crippen LogP contribution < -0.4 is 5.73 Å². The molecule has 0 unspecified atom stereocenters. The largest absolute Gasteiger partial charge is 0.479 e. The summed E-state index contributed by atoms with van der Waals surface area (Å²) in [5, 5.41) is 20.1. The summed E-state index contributed by atoms with van der Waals surface area (Å²) in [7, 11) is 0. The number of rotatable bonds is 1. The number of anilines is 1. The highest BCUT2D eigenvalue weighted by Gasteiger charge is 2.14. The molecule has 7 nitrogen and oxygen atoms in total. The number of benzene rings is 1. The summed E-state index contributed by atoms with van der Waals surface area (Å²) in [5.41, 5.74) is 5.75. The summed E-state index contributed by atoms with van der Waals surface area (Å²) in [6.45, 7) is 0. The lowest BCUT2D eigenvalue weighted by Gasteiger charge is -2.03. The van der Waals surface area contributed by atoms with Crippen LogP contribution in [-0.4, -0.2) is 20.0 Å². The summed E-state index contributed by atoms with van der Waals surface area (Å²) in [6, 6.07) is 2.07. The first kappa shape index (κ1) is 10.6. The van der Waals surface area contributed by atoms with Gasteiger partial charge in [-0.15, -0.1) is 0 Å². The fraction of sp³-hybridized carbons (Fsp3) is 0. The van der Waals surface area contributed by atoms with Crippen molar-refractivity contribution in [2.75, 3.05) is 5.73 Å². The third-order valence-corrected chi connectivity index (χ3v) is 2.57. The first-order valence-electron chi connectivity index (χ1n) is 4.09. The number of nitro benzene ring substituents is 1. The fourth-order valence-corrected chi connectivity index (χ4v) is 1.83. The lowest BCUT2D eigenvalue weighted by molar-refractivity contribution is -0.384. The Morgan fingerprint density at radius 3 is 2.75 bits per heavy atom. The van der Waals surface area contributed by atoms with E-state index in [0.29, 0.717) is 15.4 Å². The summed E-state index contributed by atoms with van der Waals surface area (Å²) in [5.74, 6) is -0.00750. The first-order valence-corrected chi connectivity index (χ1v) is 4.88. The molecule has 0 aliphatic rings. The van der Waals surface area contributed by atoms with Crippen LogP contribution in [0.3, 0.4) is 0 Å². The number of non-ortho nitro benzene ring substituents is 1. The maximum Gasteiger partial charge on any atom is 0.316 e. The van der Waals surface area contributed by atoms with Crippen LogP contribution in [0.25, 0.3) is 10.9 Å². The number of aromatic nitrogens is 2. The molecule has 1 aromatic carbocycles. The maximum atomic E-state index is 10.6. The number of aromatic hydroxyl groups is 1. The number of hydrogen-bond donors (Lipinski definition) is 2. The summed E-state index contributed by atoms with van der Waals surface area (Å²) in [6.07, 6.45) is 0. The highest BCUT2D eigenvalue weighted by Crippen LogP contribution is 2.31. The predicted molar refractivity (Wildman–Crippen MR) is 60.0 cm³/mol. The molecule has 0 atom stereocenters. The van der Waals surface area contributed by atoms with Crippen LogP contribution in [0.1, 0.15) is 0 Å². The number of nitrogens with zero attached hydrogens (tertiary/aromatic N) is 3. The van der Waals surface area contributed by atoms with Crippen LogP contribution in [0.5, 0.6) is 6.01 Å². The number of halogens is 1. The van der Waals surface area contributed by atoms with Gasteiger partial charge in [-0.1, -0.05) is 0 Å². The lowest BCUT2D eigenvalue weighted by atomic mass is 10.2. The van der Waals surface area contributed by atoms with E-state index in [-0.39, 0.29) is 11.5 Å². The van der Waals surface area contributed by atoms with Crippen molar-refractivity contribution in [2.24, 2.45) is 0 Å². The van der Waals surface area contributed by atoms with Gasteiger partial charge in [-0.2, -0.15) is 9.97 Å². The van der Waals surface area contributed by atoms with Crippen LogP contribution in [-0.2, 0) is 0 Å². The second kappa shape index (κ2) is 3.56. The minimum atomic E-state index is -0.545. The molecular weight excluding hydrogens is 280 g/mol. The molecule has 1 aromatic heterocycles. The second-order valence-corrected chi connectivity index (χ2v) is 3.84. The van der Waals surface area contributed by atoms with Crippen LogP contribution in [0.4, 0.5) is 11.5 Å². The summed E-state index contributed by atoms with van der Waals surface area (Å²) in [4.78, 5) is 17.3. The van der Waals surface area contributed by atoms with E-state index in [1.165, 1.54) is 12.1 Å². The van der Waals surface area contributed by atoms with Crippen molar-refractivity contribution in [3.05, 3.63) is 26.7 Å². The number of nitro groups is 1. The molecule has 8 heteroatoms. The van der Waals surface area contributed by atoms with Gasteiger partial charge in [0.2, 0.25) is 0 Å². The van der Waals surface area contributed by atoms with Crippen molar-refractivity contribution < 1.29 is 10.0 Å². The molecule has 0 fully saturated rings. The zero-order valence-corrected chi connectivity index (χ0v) is 9.30. The van der Waals surface area contributed by atoms with E-state index in [2.05, 4.69) is 25.9 Å². The Morgan fingerprint density at radius 1 is 1.44 bits per heavy atom. The topological polar surface area (TPSA) is 115 Å². The van der Waals surface area contributed by atoms with Gasteiger partial charge >= 0.3 is 6.01 Å². The average molecular weight is 285 g/mol. The monoisotopic (exact) mass is 284 g/mol. The quantitative estimate of drug-likeness (QED) is 0.607. The van der Waals surface area contributed by atoms with Crippen molar-refractivity contribution >= 4 is 38.3 Å². The van der Waals surface area contributed by atoms with E-state index in [0.717, 1.165) is 0 Å². The van der Waals surface area contributed by atoms with Gasteiger partial charge in [0.15, 0.2) is 0 Å². The standard InChI is InChI=1S/C8H5BrN4O3/c9-5-2-3(13(15)16)1-4-6(5)11-8(14)12-7(4)10/h1-2H,(H3,10,11,12,14). The van der Waals surface area contributed by atoms with Gasteiger partial charge in [-0.3, -0.25) is 10.1 Å². The molecule has 3 N–H and O–H groups in total. The summed E-state index contributed by atoms with van der Waals surface area (Å²) < 4.78 is 0.376. The number of hydrogen-bond acceptors (Lipinski definition) is 6. The Hall–Kier alpha value is -1.96. The van der Waals surface area contributed by atoms with E-state index in [1.807, 2.05) is 0 Å². The van der Waals surface area contributed by atoms with Crippen molar-refractivity contribution in [2.45, 2.75) is 0 Å². The normalized spacial score (nSPS) is 10.6. The smallest absolute Gasteiger partial charge is 0.316 e. The Kier molecular flexibility index (Phi) is 2.35. The zero-order chi connectivity index (χ0) is 11.9. The van der Waals surface area contributed by atoms with Crippen molar-refractivity contribution in [1.29, 1.82) is 0 Å². The molecular formula is C8H5BrN4O3. The van der Waals surface area contributed by atoms with Gasteiger partial charge in [0.25, 0.3) is 5.69 Å². The van der Waals surface area contributed by atoms with Gasteiger partial charge < -0.3 is 10.8 Å². The van der Waals surface area contributed by atoms with E-state index in [1.54, 1.807) is 0 Å². The van der Waals surface area contributed by atoms with Gasteiger partial charge in [-0.25, -0.2) is 0 Å². The Morgan fingerprint density at radius 2 is 2.12 bits per heavy atom. The van der Waals surface area contributed by atoms with Crippen molar-refractivity contribution in [3.8, 4) is 6.01 Å². The van der Waals surface area contributed by atoms with Gasteiger partial charge in [0, 0.05) is 12.1 Å². The average Bonchev–Trinajstić information content (AvgIpc) is 2.19. The molecule has 2 rings (SSSR count). The molecule has 0 radical (unpaired) electrons. The molecule has 0 amide bonds. The molecule has 16 heavy (non-hydrogen) atoms. The third kappa shape index (κ3) is 1.63. The molecule has 0 saturated carbocycles. The molecule has 82 valence electrons. The summed E-state index contributed by atoms with van der Waals surface area (Å²) >= 11 is 3.12. The highest BCUT2D eigenvalue weighted by atomic mass is 79.9. The minimum Gasteiger partial charge on any atom is -0.479 e. The molecule has 0 bridgehead atoms. The maximum absolute atomic E-state index is 10.6. The van der Waals surface area contributed by atoms with Crippen LogP contribution in [0.15, 0.2) is 16.6 Å². The molecule has 0 saturated heterocycles. The SMILES string of the molecule is Nc1nc(O)nc2c(Br)cc([N+](=O)[O-])cc12. The molecule has 1 heterocycles. The van der Waals surface area contributed by atoms with Gasteiger partial charge in [-0.05, 0) is 15.9 Å². The van der Waals surface area contributed by atoms with Gasteiger partial charge in [0.05, 0.1) is 20.3 Å². The Labute approximate surface area is 97.2 Å². The fourth-order valence-electron chi connectivity index (χ4n) is 1.29. The lowest BCUT2D eigenvalue weighted by Crippen LogP contribution is -1.96. The van der Waals surface area contributed by atoms with E-state index in [9.17, 15) is 10.1 Å². The van der Waals surface area contributed by atoms with E-state index in [4.69, 9.17) is 10.8 Å². The van der Waals surface area contributed by atoms with Crippen LogP contribution >= 0.6 is 15.9 Å². The van der Waals surface area contributed by atoms with E-state index >= 15 is 0 Å². The Balaban J connectivity index is 2.87. The molecule has 0 aliphatic carbocycles. The minimum absolute atomic E-state index is 0.00750. The second-order valence-electron chi connectivity index (χ2n) is 2.99. The van der Waals surface area contributed by atoms with Crippen molar-refractivity contribution in [3.63, 3.8) is 0 Å². The van der Waals surface area contributed by atoms with Crippen LogP contribution in [0.2, 0.25) is 0 Å². The predicted octanol–water partition coefficient (Wildman–Crippen LogP) is 1.59. The van der Waals surface area contributed by atoms with Crippen LogP contribution in [0, 0.1) is 10.1 Å². The van der Waals surface area contributed by atoms with Crippen molar-refractivity contribution in [1.82, 2.24) is 9.97 Å². The van der Waals surface area contributed by atoms with Gasteiger partial charge in [0.1, 0.15) is 5.82 Å². The first-order chi connectivity index (χ1) is 7.49. The third-order valence-electron chi connectivity index (χ3n) is 1.97. The molecule has 2 aromatic rings. The zero-order valence-electron chi connectivity index (χ0n) is 7.72. The number of nitrogen functional groups attached to an aromatic ring is 1. The van der Waals surface area contributed by atoms with E-state index < -0.39 is 10.9 Å². The highest BCUT2D eigenvalue weighted by molar-refractivity contribution is 9.10. The molecule has 0 spiro atoms. The number of nitrogens with two attached hydrogens (primary N) is 1. The molecule has 0 aliphatic heterocycles. The number of fused-ring (bicyclic) bond motifs is 1. The Bertz CT molecular complexity index is 601.